The Bertz CT molecular complexity index is 1020. The van der Waals surface area contributed by atoms with Crippen LogP contribution in [-0.4, -0.2) is 52.7 Å². The van der Waals surface area contributed by atoms with E-state index in [4.69, 9.17) is 4.74 Å². The van der Waals surface area contributed by atoms with Crippen molar-refractivity contribution in [2.24, 2.45) is 18.4 Å². The maximum atomic E-state index is 13.5. The molecule has 0 aliphatic carbocycles. The monoisotopic (exact) mass is 466 g/mol. The van der Waals surface area contributed by atoms with E-state index >= 15 is 0 Å². The summed E-state index contributed by atoms with van der Waals surface area (Å²) < 4.78 is 7.65. The molecular formula is C27H38N4O3. The number of carbonyl (C=O) groups excluding carboxylic acids is 2. The summed E-state index contributed by atoms with van der Waals surface area (Å²) in [4.78, 5) is 28.8. The summed E-state index contributed by atoms with van der Waals surface area (Å²) in [6.45, 7) is 6.33. The fourth-order valence-corrected chi connectivity index (χ4v) is 5.36. The number of rotatable bonds is 3. The molecule has 184 valence electrons. The fourth-order valence-electron chi connectivity index (χ4n) is 5.36. The lowest BCUT2D eigenvalue weighted by atomic mass is 9.74. The molecule has 2 amide bonds. The Labute approximate surface area is 202 Å². The van der Waals surface area contributed by atoms with E-state index < -0.39 is 5.41 Å². The molecule has 1 aromatic carbocycles. The minimum atomic E-state index is -0.550. The number of hydrogen-bond donors (Lipinski definition) is 1. The highest BCUT2D eigenvalue weighted by Crippen LogP contribution is 2.37. The van der Waals surface area contributed by atoms with Crippen molar-refractivity contribution in [2.75, 3.05) is 26.2 Å². The molecule has 4 rings (SSSR count). The normalized spacial score (nSPS) is 21.9. The molecule has 2 aliphatic rings. The first kappa shape index (κ1) is 24.3. The molecule has 1 aromatic heterocycles. The van der Waals surface area contributed by atoms with Crippen molar-refractivity contribution in [2.45, 2.75) is 58.8 Å². The van der Waals surface area contributed by atoms with Gasteiger partial charge < -0.3 is 15.0 Å². The Balaban J connectivity index is 1.49. The number of hydrogen-bond acceptors (Lipinski definition) is 4. The molecule has 7 heteroatoms. The van der Waals surface area contributed by atoms with E-state index in [9.17, 15) is 9.59 Å². The summed E-state index contributed by atoms with van der Waals surface area (Å²) in [6, 6.07) is 10.1. The van der Waals surface area contributed by atoms with Crippen LogP contribution in [0, 0.1) is 11.3 Å². The first-order valence-corrected chi connectivity index (χ1v) is 12.7. The lowest BCUT2D eigenvalue weighted by Gasteiger charge is -2.42. The average molecular weight is 467 g/mol. The predicted octanol–water partition coefficient (Wildman–Crippen LogP) is 3.76. The van der Waals surface area contributed by atoms with Crippen LogP contribution < -0.4 is 10.1 Å². The third kappa shape index (κ3) is 5.45. The van der Waals surface area contributed by atoms with Crippen LogP contribution in [0.3, 0.4) is 0 Å². The van der Waals surface area contributed by atoms with Crippen LogP contribution in [0.4, 0.5) is 0 Å². The second-order valence-corrected chi connectivity index (χ2v) is 10.3. The summed E-state index contributed by atoms with van der Waals surface area (Å²) in [5, 5.41) is 7.66. The molecular weight excluding hydrogens is 428 g/mol. The molecule has 0 radical (unpaired) electrons. The number of amides is 2. The molecule has 1 spiro atoms. The number of fused-ring (bicyclic) bond motifs is 1. The van der Waals surface area contributed by atoms with E-state index in [0.717, 1.165) is 56.4 Å². The minimum absolute atomic E-state index is 0.0275. The van der Waals surface area contributed by atoms with Crippen molar-refractivity contribution in [1.29, 1.82) is 0 Å². The molecule has 0 bridgehead atoms. The number of likely N-dealkylation sites (tertiary alicyclic amines) is 1. The molecule has 1 atom stereocenters. The van der Waals surface area contributed by atoms with E-state index in [1.165, 1.54) is 5.56 Å². The van der Waals surface area contributed by atoms with Gasteiger partial charge in [-0.3, -0.25) is 14.3 Å². The molecule has 7 nitrogen and oxygen atoms in total. The van der Waals surface area contributed by atoms with Gasteiger partial charge in [0.2, 0.25) is 5.91 Å². The van der Waals surface area contributed by atoms with Crippen LogP contribution in [0.25, 0.3) is 0 Å². The highest BCUT2D eigenvalue weighted by Gasteiger charge is 2.43. The summed E-state index contributed by atoms with van der Waals surface area (Å²) >= 11 is 0. The summed E-state index contributed by atoms with van der Waals surface area (Å²) in [7, 11) is 1.83. The summed E-state index contributed by atoms with van der Waals surface area (Å²) in [6.07, 6.45) is 6.13. The smallest absolute Gasteiger partial charge is 0.272 e. The van der Waals surface area contributed by atoms with Crippen molar-refractivity contribution in [1.82, 2.24) is 20.0 Å². The largest absolute Gasteiger partial charge is 0.491 e. The lowest BCUT2D eigenvalue weighted by Crippen LogP contribution is -2.54. The van der Waals surface area contributed by atoms with E-state index in [-0.39, 0.29) is 11.8 Å². The molecule has 1 N–H and O–H groups in total. The summed E-state index contributed by atoms with van der Waals surface area (Å²) in [5.41, 5.74) is 2.21. The van der Waals surface area contributed by atoms with Gasteiger partial charge in [0.05, 0.1) is 17.7 Å². The number of ether oxygens (including phenoxy) is 1. The van der Waals surface area contributed by atoms with Gasteiger partial charge in [0.15, 0.2) is 0 Å². The van der Waals surface area contributed by atoms with E-state index in [0.29, 0.717) is 37.9 Å². The van der Waals surface area contributed by atoms with Gasteiger partial charge in [-0.25, -0.2) is 0 Å². The van der Waals surface area contributed by atoms with Gasteiger partial charge in [-0.15, -0.1) is 0 Å². The quantitative estimate of drug-likeness (QED) is 0.747. The number of benzene rings is 1. The van der Waals surface area contributed by atoms with E-state index in [2.05, 4.69) is 30.3 Å². The number of nitrogens with zero attached hydrogens (tertiary/aromatic N) is 3. The van der Waals surface area contributed by atoms with Gasteiger partial charge in [-0.2, -0.15) is 5.10 Å². The second-order valence-electron chi connectivity index (χ2n) is 10.3. The third-order valence-electron chi connectivity index (χ3n) is 7.08. The predicted molar refractivity (Wildman–Crippen MR) is 132 cm³/mol. The van der Waals surface area contributed by atoms with Gasteiger partial charge in [0.25, 0.3) is 5.91 Å². The van der Waals surface area contributed by atoms with Crippen LogP contribution >= 0.6 is 0 Å². The highest BCUT2D eigenvalue weighted by molar-refractivity contribution is 5.93. The second kappa shape index (κ2) is 10.6. The third-order valence-corrected chi connectivity index (χ3v) is 7.08. The number of nitrogens with one attached hydrogen (secondary N) is 1. The zero-order valence-electron chi connectivity index (χ0n) is 20.8. The Morgan fingerprint density at radius 3 is 2.82 bits per heavy atom. The van der Waals surface area contributed by atoms with Crippen LogP contribution in [0.5, 0.6) is 5.75 Å². The molecule has 34 heavy (non-hydrogen) atoms. The van der Waals surface area contributed by atoms with Crippen LogP contribution in [0.15, 0.2) is 30.3 Å². The number of piperidine rings is 1. The summed E-state index contributed by atoms with van der Waals surface area (Å²) in [5.74, 6) is 1.41. The van der Waals surface area contributed by atoms with Crippen molar-refractivity contribution >= 4 is 11.8 Å². The average Bonchev–Trinajstić information content (AvgIpc) is 3.18. The first-order valence-electron chi connectivity index (χ1n) is 12.7. The Kier molecular flexibility index (Phi) is 7.59. The van der Waals surface area contributed by atoms with Crippen molar-refractivity contribution in [3.63, 3.8) is 0 Å². The molecule has 1 unspecified atom stereocenters. The highest BCUT2D eigenvalue weighted by atomic mass is 16.5. The van der Waals surface area contributed by atoms with Crippen LogP contribution in [0.1, 0.15) is 67.7 Å². The first-order chi connectivity index (χ1) is 16.4. The fraction of sp³-hybridized carbons (Fsp3) is 0.593. The van der Waals surface area contributed by atoms with Crippen molar-refractivity contribution < 1.29 is 14.3 Å². The van der Waals surface area contributed by atoms with Crippen molar-refractivity contribution in [3.05, 3.63) is 47.3 Å². The van der Waals surface area contributed by atoms with Crippen LogP contribution in [0.2, 0.25) is 0 Å². The number of carbonyl (C=O) groups is 2. The maximum absolute atomic E-state index is 13.5. The van der Waals surface area contributed by atoms with Gasteiger partial charge in [0, 0.05) is 20.1 Å². The van der Waals surface area contributed by atoms with Gasteiger partial charge in [0.1, 0.15) is 18.1 Å². The molecule has 2 aliphatic heterocycles. The lowest BCUT2D eigenvalue weighted by molar-refractivity contribution is -0.134. The Hall–Kier alpha value is -2.83. The number of para-hydroxylation sites is 1. The molecule has 1 fully saturated rings. The standard InChI is InChI=1S/C27H38N4O3/c1-20(2)17-22-18-23(30(3)29-22)25(32)31-15-8-13-27(19-31)12-7-6-10-21-9-4-5-11-24(21)34-16-14-28-26(27)33/h4-5,9,11,18,20H,6-8,10,12-17,19H2,1-3H3,(H,28,33). The molecule has 2 aromatic rings. The number of aromatic nitrogens is 2. The minimum Gasteiger partial charge on any atom is -0.491 e. The van der Waals surface area contributed by atoms with Crippen molar-refractivity contribution in [3.8, 4) is 5.75 Å². The Morgan fingerprint density at radius 2 is 2.00 bits per heavy atom. The van der Waals surface area contributed by atoms with E-state index in [1.54, 1.807) is 4.68 Å². The maximum Gasteiger partial charge on any atom is 0.272 e. The number of aryl methyl sites for hydroxylation is 2. The molecule has 0 saturated carbocycles. The topological polar surface area (TPSA) is 76.5 Å². The molecule has 1 saturated heterocycles. The van der Waals surface area contributed by atoms with Crippen LogP contribution in [-0.2, 0) is 24.7 Å². The van der Waals surface area contributed by atoms with Gasteiger partial charge >= 0.3 is 0 Å². The Morgan fingerprint density at radius 1 is 1.21 bits per heavy atom. The van der Waals surface area contributed by atoms with E-state index in [1.807, 2.05) is 36.2 Å². The molecule has 3 heterocycles. The zero-order valence-corrected chi connectivity index (χ0v) is 20.8. The van der Waals surface area contributed by atoms with Gasteiger partial charge in [-0.05, 0) is 62.1 Å². The van der Waals surface area contributed by atoms with Gasteiger partial charge in [-0.1, -0.05) is 38.5 Å². The zero-order chi connectivity index (χ0) is 24.1. The SMILES string of the molecule is CC(C)Cc1cc(C(=O)N2CCCC3(CCCCc4ccccc4OCCNC3=O)C2)n(C)n1.